The van der Waals surface area contributed by atoms with Crippen LogP contribution in [-0.4, -0.2) is 21.0 Å². The number of carbonyl (C=O) groups excluding carboxylic acids is 1. The minimum absolute atomic E-state index is 0.145. The average Bonchev–Trinajstić information content (AvgIpc) is 2.06. The summed E-state index contributed by atoms with van der Waals surface area (Å²) in [6.45, 7) is 0. The quantitative estimate of drug-likeness (QED) is 0.548. The van der Waals surface area contributed by atoms with Crippen molar-refractivity contribution in [2.75, 3.05) is 6.26 Å². The first-order valence-corrected chi connectivity index (χ1v) is 5.75. The van der Waals surface area contributed by atoms with Crippen LogP contribution in [0.1, 0.15) is 5.56 Å². The van der Waals surface area contributed by atoms with Gasteiger partial charge in [0.15, 0.2) is 0 Å². The van der Waals surface area contributed by atoms with Crippen molar-refractivity contribution in [3.05, 3.63) is 29.8 Å². The lowest BCUT2D eigenvalue weighted by Gasteiger charge is -2.06. The van der Waals surface area contributed by atoms with Gasteiger partial charge in [-0.15, -0.1) is 0 Å². The van der Waals surface area contributed by atoms with E-state index in [0.29, 0.717) is 11.8 Å². The summed E-state index contributed by atoms with van der Waals surface area (Å²) in [5.41, 5.74) is 0.563. The van der Waals surface area contributed by atoms with Crippen molar-refractivity contribution in [2.45, 2.75) is 6.42 Å². The second-order valence-corrected chi connectivity index (χ2v) is 4.34. The Hall–Kier alpha value is -1.36. The molecule has 0 aliphatic carbocycles. The van der Waals surface area contributed by atoms with E-state index < -0.39 is 10.1 Å². The highest BCUT2D eigenvalue weighted by molar-refractivity contribution is 7.86. The molecule has 0 aromatic heterocycles. The van der Waals surface area contributed by atoms with E-state index >= 15 is 0 Å². The molecule has 0 N–H and O–H groups in total. The van der Waals surface area contributed by atoms with E-state index in [1.165, 1.54) is 6.07 Å². The summed E-state index contributed by atoms with van der Waals surface area (Å²) in [5, 5.41) is 0. The second kappa shape index (κ2) is 4.23. The number of para-hydroxylation sites is 1. The summed E-state index contributed by atoms with van der Waals surface area (Å²) in [6.07, 6.45) is 1.81. The molecule has 1 rings (SSSR count). The summed E-state index contributed by atoms with van der Waals surface area (Å²) in [7, 11) is -3.53. The highest BCUT2D eigenvalue weighted by Crippen LogP contribution is 2.19. The Kier molecular flexibility index (Phi) is 3.24. The minimum Gasteiger partial charge on any atom is -0.382 e. The standard InChI is InChI=1S/C9H10O4S/c1-14(11,12)13-9-5-3-2-4-8(9)6-7-10/h2-5,7H,6H2,1H3. The molecule has 0 heterocycles. The fourth-order valence-corrected chi connectivity index (χ4v) is 1.50. The van der Waals surface area contributed by atoms with Gasteiger partial charge in [0.05, 0.1) is 6.26 Å². The van der Waals surface area contributed by atoms with Crippen LogP contribution in [0.15, 0.2) is 24.3 Å². The molecule has 5 heteroatoms. The highest BCUT2D eigenvalue weighted by Gasteiger charge is 2.08. The number of carbonyl (C=O) groups is 1. The summed E-state index contributed by atoms with van der Waals surface area (Å²) < 4.78 is 26.4. The number of rotatable bonds is 4. The van der Waals surface area contributed by atoms with Crippen LogP contribution in [0.4, 0.5) is 0 Å². The Morgan fingerprint density at radius 1 is 1.36 bits per heavy atom. The fourth-order valence-electron chi connectivity index (χ4n) is 1.01. The van der Waals surface area contributed by atoms with Crippen molar-refractivity contribution in [2.24, 2.45) is 0 Å². The zero-order valence-electron chi connectivity index (χ0n) is 7.64. The average molecular weight is 214 g/mol. The number of aldehydes is 1. The van der Waals surface area contributed by atoms with Crippen molar-refractivity contribution in [1.82, 2.24) is 0 Å². The molecule has 0 bridgehead atoms. The summed E-state index contributed by atoms with van der Waals surface area (Å²) >= 11 is 0. The van der Waals surface area contributed by atoms with Crippen LogP contribution < -0.4 is 4.18 Å². The van der Waals surface area contributed by atoms with E-state index in [1.54, 1.807) is 18.2 Å². The van der Waals surface area contributed by atoms with Crippen LogP contribution in [-0.2, 0) is 21.3 Å². The van der Waals surface area contributed by atoms with Gasteiger partial charge in [-0.05, 0) is 6.07 Å². The van der Waals surface area contributed by atoms with Gasteiger partial charge in [-0.25, -0.2) is 0 Å². The van der Waals surface area contributed by atoms with Crippen molar-refractivity contribution < 1.29 is 17.4 Å². The van der Waals surface area contributed by atoms with Gasteiger partial charge in [-0.1, -0.05) is 18.2 Å². The van der Waals surface area contributed by atoms with Gasteiger partial charge in [-0.3, -0.25) is 0 Å². The van der Waals surface area contributed by atoms with Gasteiger partial charge in [0.25, 0.3) is 0 Å². The second-order valence-electron chi connectivity index (χ2n) is 2.77. The van der Waals surface area contributed by atoms with E-state index in [9.17, 15) is 13.2 Å². The van der Waals surface area contributed by atoms with Crippen molar-refractivity contribution >= 4 is 16.4 Å². The molecule has 0 saturated carbocycles. The maximum atomic E-state index is 10.8. The molecule has 0 atom stereocenters. The molecule has 0 aliphatic heterocycles. The van der Waals surface area contributed by atoms with Gasteiger partial charge in [0, 0.05) is 12.0 Å². The lowest BCUT2D eigenvalue weighted by atomic mass is 10.1. The van der Waals surface area contributed by atoms with Gasteiger partial charge in [-0.2, -0.15) is 8.42 Å². The van der Waals surface area contributed by atoms with Crippen LogP contribution in [0.25, 0.3) is 0 Å². The lowest BCUT2D eigenvalue weighted by molar-refractivity contribution is -0.107. The minimum atomic E-state index is -3.53. The van der Waals surface area contributed by atoms with E-state index in [4.69, 9.17) is 4.18 Å². The topological polar surface area (TPSA) is 60.4 Å². The van der Waals surface area contributed by atoms with E-state index in [1.807, 2.05) is 0 Å². The molecule has 4 nitrogen and oxygen atoms in total. The first-order valence-electron chi connectivity index (χ1n) is 3.94. The summed E-state index contributed by atoms with van der Waals surface area (Å²) in [4.78, 5) is 10.3. The Morgan fingerprint density at radius 2 is 2.00 bits per heavy atom. The molecule has 0 fully saturated rings. The third-order valence-electron chi connectivity index (χ3n) is 1.52. The smallest absolute Gasteiger partial charge is 0.306 e. The molecule has 0 spiro atoms. The maximum Gasteiger partial charge on any atom is 0.306 e. The summed E-state index contributed by atoms with van der Waals surface area (Å²) in [6, 6.07) is 6.53. The molecule has 0 unspecified atom stereocenters. The van der Waals surface area contributed by atoms with Gasteiger partial charge >= 0.3 is 10.1 Å². The van der Waals surface area contributed by atoms with E-state index in [-0.39, 0.29) is 12.2 Å². The van der Waals surface area contributed by atoms with Crippen LogP contribution in [0.2, 0.25) is 0 Å². The normalized spacial score (nSPS) is 10.9. The summed E-state index contributed by atoms with van der Waals surface area (Å²) in [5.74, 6) is 0.210. The maximum absolute atomic E-state index is 10.8. The molecule has 0 radical (unpaired) electrons. The molecule has 0 aliphatic rings. The third-order valence-corrected chi connectivity index (χ3v) is 2.00. The lowest BCUT2D eigenvalue weighted by Crippen LogP contribution is -2.07. The monoisotopic (exact) mass is 214 g/mol. The first-order chi connectivity index (χ1) is 6.53. The Labute approximate surface area is 82.6 Å². The van der Waals surface area contributed by atoms with Crippen LogP contribution in [0.5, 0.6) is 5.75 Å². The van der Waals surface area contributed by atoms with E-state index in [2.05, 4.69) is 0 Å². The molecule has 76 valence electrons. The number of benzene rings is 1. The fraction of sp³-hybridized carbons (Fsp3) is 0.222. The zero-order chi connectivity index (χ0) is 10.6. The molecule has 0 saturated heterocycles. The SMILES string of the molecule is CS(=O)(=O)Oc1ccccc1CC=O. The van der Waals surface area contributed by atoms with E-state index in [0.717, 1.165) is 6.26 Å². The number of hydrogen-bond donors (Lipinski definition) is 0. The highest BCUT2D eigenvalue weighted by atomic mass is 32.2. The van der Waals surface area contributed by atoms with Crippen LogP contribution >= 0.6 is 0 Å². The third kappa shape index (κ3) is 3.18. The molecule has 0 amide bonds. The zero-order valence-corrected chi connectivity index (χ0v) is 8.45. The predicted octanol–water partition coefficient (Wildman–Crippen LogP) is 0.766. The Bertz CT molecular complexity index is 422. The molecule has 1 aromatic rings. The molecule has 1 aromatic carbocycles. The largest absolute Gasteiger partial charge is 0.382 e. The Morgan fingerprint density at radius 3 is 2.57 bits per heavy atom. The number of hydrogen-bond acceptors (Lipinski definition) is 4. The van der Waals surface area contributed by atoms with Gasteiger partial charge in [0.2, 0.25) is 0 Å². The predicted molar refractivity (Wildman–Crippen MR) is 51.7 cm³/mol. The molecular formula is C9H10O4S. The Balaban J connectivity index is 3.01. The first kappa shape index (κ1) is 10.7. The van der Waals surface area contributed by atoms with Crippen LogP contribution in [0, 0.1) is 0 Å². The van der Waals surface area contributed by atoms with Crippen molar-refractivity contribution in [1.29, 1.82) is 0 Å². The van der Waals surface area contributed by atoms with Crippen molar-refractivity contribution in [3.63, 3.8) is 0 Å². The van der Waals surface area contributed by atoms with Gasteiger partial charge < -0.3 is 8.98 Å². The van der Waals surface area contributed by atoms with Crippen LogP contribution in [0.3, 0.4) is 0 Å². The van der Waals surface area contributed by atoms with Gasteiger partial charge in [0.1, 0.15) is 12.0 Å². The molecular weight excluding hydrogens is 204 g/mol. The van der Waals surface area contributed by atoms with Crippen molar-refractivity contribution in [3.8, 4) is 5.75 Å². The molecule has 14 heavy (non-hydrogen) atoms.